The lowest BCUT2D eigenvalue weighted by atomic mass is 9.66. The van der Waals surface area contributed by atoms with Gasteiger partial charge in [0, 0.05) is 24.8 Å². The van der Waals surface area contributed by atoms with Crippen molar-refractivity contribution < 1.29 is 36.7 Å². The molecule has 1 aliphatic heterocycles. The zero-order valence-electron chi connectivity index (χ0n) is 29.2. The average molecular weight is 706 g/mol. The minimum atomic E-state index is -4.67. The first kappa shape index (κ1) is 37.8. The monoisotopic (exact) mass is 705 g/mol. The topological polar surface area (TPSA) is 114 Å². The van der Waals surface area contributed by atoms with Crippen LogP contribution in [0.2, 0.25) is 0 Å². The van der Waals surface area contributed by atoms with Gasteiger partial charge in [-0.25, -0.2) is 4.39 Å². The van der Waals surface area contributed by atoms with Crippen molar-refractivity contribution in [1.29, 1.82) is 0 Å². The number of ether oxygens (including phenoxy) is 1. The first-order chi connectivity index (χ1) is 23.8. The van der Waals surface area contributed by atoms with Crippen molar-refractivity contribution in [2.45, 2.75) is 122 Å². The fourth-order valence-corrected chi connectivity index (χ4v) is 8.25. The number of amides is 3. The third kappa shape index (κ3) is 9.05. The first-order valence-electron chi connectivity index (χ1n) is 18.2. The maximum atomic E-state index is 15.7. The van der Waals surface area contributed by atoms with Gasteiger partial charge in [0.2, 0.25) is 11.8 Å². The SMILES string of the molecule is CC(C)n1nccc1C(=O)N[C@H](C(=O)Nc1ccc([C@H](C)C(=O)NC(C2CCOC2)C(F)(F)F)cc1F)C(C1CCCCC1)C1CCCCC1. The van der Waals surface area contributed by atoms with Gasteiger partial charge in [-0.3, -0.25) is 19.1 Å². The van der Waals surface area contributed by atoms with Gasteiger partial charge in [-0.1, -0.05) is 70.3 Å². The average Bonchev–Trinajstić information content (AvgIpc) is 3.81. The fraction of sp³-hybridized carbons (Fsp3) is 0.676. The largest absolute Gasteiger partial charge is 0.408 e. The van der Waals surface area contributed by atoms with Crippen LogP contribution in [0.4, 0.5) is 23.2 Å². The number of aromatic nitrogens is 2. The maximum absolute atomic E-state index is 15.7. The molecule has 50 heavy (non-hydrogen) atoms. The van der Waals surface area contributed by atoms with Crippen LogP contribution in [0.15, 0.2) is 30.5 Å². The van der Waals surface area contributed by atoms with Gasteiger partial charge in [-0.2, -0.15) is 18.3 Å². The number of nitrogens with one attached hydrogen (secondary N) is 3. The van der Waals surface area contributed by atoms with Crippen LogP contribution in [0.1, 0.15) is 119 Å². The second kappa shape index (κ2) is 16.7. The highest BCUT2D eigenvalue weighted by molar-refractivity contribution is 6.01. The minimum Gasteiger partial charge on any atom is -0.381 e. The van der Waals surface area contributed by atoms with Gasteiger partial charge in [0.15, 0.2) is 0 Å². The number of benzene rings is 1. The predicted octanol–water partition coefficient (Wildman–Crippen LogP) is 7.30. The summed E-state index contributed by atoms with van der Waals surface area (Å²) in [4.78, 5) is 41.1. The molecule has 2 saturated carbocycles. The number of carbonyl (C=O) groups is 3. The second-order valence-electron chi connectivity index (χ2n) is 14.7. The second-order valence-corrected chi connectivity index (χ2v) is 14.7. The Hall–Kier alpha value is -3.48. The molecule has 0 spiro atoms. The van der Waals surface area contributed by atoms with Crippen molar-refractivity contribution in [2.75, 3.05) is 18.5 Å². The van der Waals surface area contributed by atoms with E-state index < -0.39 is 53.6 Å². The number of hydrogen-bond donors (Lipinski definition) is 3. The van der Waals surface area contributed by atoms with Crippen LogP contribution in [-0.4, -0.2) is 59.0 Å². The third-order valence-corrected chi connectivity index (χ3v) is 11.0. The maximum Gasteiger partial charge on any atom is 0.408 e. The van der Waals surface area contributed by atoms with Crippen molar-refractivity contribution >= 4 is 23.4 Å². The van der Waals surface area contributed by atoms with E-state index in [1.54, 1.807) is 16.9 Å². The van der Waals surface area contributed by atoms with Crippen LogP contribution < -0.4 is 16.0 Å². The minimum absolute atomic E-state index is 0.0846. The Morgan fingerprint density at radius 2 is 1.50 bits per heavy atom. The lowest BCUT2D eigenvalue weighted by molar-refractivity contribution is -0.172. The fourth-order valence-electron chi connectivity index (χ4n) is 8.25. The summed E-state index contributed by atoms with van der Waals surface area (Å²) in [5.74, 6) is -4.37. The number of nitrogens with zero attached hydrogens (tertiary/aromatic N) is 2. The third-order valence-electron chi connectivity index (χ3n) is 11.0. The molecule has 3 N–H and O–H groups in total. The van der Waals surface area contributed by atoms with Crippen molar-refractivity contribution in [3.63, 3.8) is 0 Å². The van der Waals surface area contributed by atoms with Crippen LogP contribution in [0.25, 0.3) is 0 Å². The smallest absolute Gasteiger partial charge is 0.381 e. The van der Waals surface area contributed by atoms with E-state index in [0.717, 1.165) is 70.3 Å². The Morgan fingerprint density at radius 3 is 2.04 bits per heavy atom. The summed E-state index contributed by atoms with van der Waals surface area (Å²) in [7, 11) is 0. The van der Waals surface area contributed by atoms with Gasteiger partial charge in [0.25, 0.3) is 5.91 Å². The summed E-state index contributed by atoms with van der Waals surface area (Å²) in [6.45, 7) is 5.32. The van der Waals surface area contributed by atoms with Crippen molar-refractivity contribution in [2.24, 2.45) is 23.7 Å². The number of hydrogen-bond acceptors (Lipinski definition) is 5. The van der Waals surface area contributed by atoms with E-state index >= 15 is 4.39 Å². The van der Waals surface area contributed by atoms with Crippen LogP contribution in [0, 0.1) is 29.5 Å². The molecule has 3 amide bonds. The van der Waals surface area contributed by atoms with Crippen molar-refractivity contribution in [3.8, 4) is 0 Å². The van der Waals surface area contributed by atoms with E-state index in [-0.39, 0.29) is 54.7 Å². The molecule has 2 aromatic rings. The Balaban J connectivity index is 1.38. The number of anilines is 1. The molecule has 1 aromatic carbocycles. The number of alkyl halides is 3. The lowest BCUT2D eigenvalue weighted by Crippen LogP contribution is -2.53. The quantitative estimate of drug-likeness (QED) is 0.201. The molecular weight excluding hydrogens is 654 g/mol. The Bertz CT molecular complexity index is 1440. The van der Waals surface area contributed by atoms with Gasteiger partial charge in [-0.15, -0.1) is 0 Å². The van der Waals surface area contributed by atoms with Crippen LogP contribution in [0.5, 0.6) is 0 Å². The molecule has 5 rings (SSSR count). The summed E-state index contributed by atoms with van der Waals surface area (Å²) < 4.78 is 63.8. The standard InChI is InChI=1S/C37H51F4N5O4/c1-22(2)46-30(16-18-42-46)35(48)44-32(31(24-10-6-4-7-11-24)25-12-8-5-9-13-25)36(49)43-29-15-14-26(20-28(29)38)23(3)34(47)45-33(37(39,40)41)27-17-19-50-21-27/h14-16,18,20,22-25,27,31-33H,4-13,17,19,21H2,1-3H3,(H,43,49)(H,44,48)(H,45,47)/t23-,27?,32-,33?/m0/s1. The van der Waals surface area contributed by atoms with Crippen molar-refractivity contribution in [1.82, 2.24) is 20.4 Å². The highest BCUT2D eigenvalue weighted by Gasteiger charge is 2.47. The molecule has 3 aliphatic rings. The van der Waals surface area contributed by atoms with Crippen LogP contribution in [-0.2, 0) is 14.3 Å². The Labute approximate surface area is 291 Å². The van der Waals surface area contributed by atoms with E-state index in [2.05, 4.69) is 21.0 Å². The molecule has 0 bridgehead atoms. The van der Waals surface area contributed by atoms with E-state index in [0.29, 0.717) is 5.69 Å². The van der Waals surface area contributed by atoms with Gasteiger partial charge < -0.3 is 20.7 Å². The zero-order valence-corrected chi connectivity index (χ0v) is 29.2. The molecule has 276 valence electrons. The predicted molar refractivity (Wildman–Crippen MR) is 181 cm³/mol. The van der Waals surface area contributed by atoms with Crippen LogP contribution in [0.3, 0.4) is 0 Å². The molecule has 2 aliphatic carbocycles. The molecule has 4 atom stereocenters. The molecule has 0 radical (unpaired) electrons. The summed E-state index contributed by atoms with van der Waals surface area (Å²) >= 11 is 0. The highest BCUT2D eigenvalue weighted by atomic mass is 19.4. The molecule has 2 heterocycles. The van der Waals surface area contributed by atoms with Crippen molar-refractivity contribution in [3.05, 3.63) is 47.5 Å². The Morgan fingerprint density at radius 1 is 0.860 bits per heavy atom. The normalized spacial score (nSPS) is 21.2. The van der Waals surface area contributed by atoms with Gasteiger partial charge in [-0.05, 0) is 68.7 Å². The Kier molecular flexibility index (Phi) is 12.6. The molecule has 9 nitrogen and oxygen atoms in total. The number of halogens is 4. The van der Waals surface area contributed by atoms with E-state index in [1.807, 2.05) is 13.8 Å². The highest BCUT2D eigenvalue weighted by Crippen LogP contribution is 2.42. The lowest BCUT2D eigenvalue weighted by Gasteiger charge is -2.42. The first-order valence-corrected chi connectivity index (χ1v) is 18.2. The number of carbonyl (C=O) groups excluding carboxylic acids is 3. The molecule has 1 saturated heterocycles. The summed E-state index contributed by atoms with van der Waals surface area (Å²) in [5.41, 5.74) is 0.357. The summed E-state index contributed by atoms with van der Waals surface area (Å²) in [6, 6.07) is 2.34. The van der Waals surface area contributed by atoms with Gasteiger partial charge >= 0.3 is 6.18 Å². The van der Waals surface area contributed by atoms with E-state index in [4.69, 9.17) is 4.74 Å². The number of rotatable bonds is 12. The van der Waals surface area contributed by atoms with E-state index in [1.165, 1.54) is 19.1 Å². The van der Waals surface area contributed by atoms with E-state index in [9.17, 15) is 27.6 Å². The van der Waals surface area contributed by atoms with Crippen LogP contribution >= 0.6 is 0 Å². The molecule has 3 fully saturated rings. The summed E-state index contributed by atoms with van der Waals surface area (Å²) in [5, 5.41) is 12.2. The molecular formula is C37H51F4N5O4. The molecule has 2 unspecified atom stereocenters. The molecule has 1 aromatic heterocycles. The van der Waals surface area contributed by atoms with Gasteiger partial charge in [0.05, 0.1) is 18.2 Å². The summed E-state index contributed by atoms with van der Waals surface area (Å²) in [6.07, 6.45) is 7.34. The van der Waals surface area contributed by atoms with Gasteiger partial charge in [0.1, 0.15) is 23.6 Å². The zero-order chi connectivity index (χ0) is 36.0. The molecule has 13 heteroatoms.